The molecule has 0 atom stereocenters. The molecule has 4 nitrogen and oxygen atoms in total. The Morgan fingerprint density at radius 3 is 1.64 bits per heavy atom. The average Bonchev–Trinajstić information content (AvgIpc) is 1.79. The molecule has 0 aromatic carbocycles. The summed E-state index contributed by atoms with van der Waals surface area (Å²) in [6.07, 6.45) is 0. The van der Waals surface area contributed by atoms with E-state index in [-0.39, 0.29) is 0 Å². The second-order valence-electron chi connectivity index (χ2n) is 3.06. The molecule has 0 fully saturated rings. The molecule has 11 heavy (non-hydrogen) atoms. The molecular formula is C6H18NO3P. The Bertz CT molecular complexity index is 118. The summed E-state index contributed by atoms with van der Waals surface area (Å²) < 4.78 is 5.00. The van der Waals surface area contributed by atoms with Gasteiger partial charge >= 0.3 is 67.0 Å². The molecule has 0 heterocycles. The summed E-state index contributed by atoms with van der Waals surface area (Å²) in [5, 5.41) is 1.53. The van der Waals surface area contributed by atoms with Crippen LogP contribution >= 0.6 is 7.28 Å². The number of rotatable bonds is 4. The summed E-state index contributed by atoms with van der Waals surface area (Å²) in [5.74, 6) is 0. The van der Waals surface area contributed by atoms with Crippen molar-refractivity contribution < 1.29 is 14.4 Å². The first-order chi connectivity index (χ1) is 4.74. The molecule has 0 aliphatic rings. The van der Waals surface area contributed by atoms with Crippen LogP contribution < -0.4 is 0 Å². The third-order valence-corrected chi connectivity index (χ3v) is 1.76. The van der Waals surface area contributed by atoms with E-state index >= 15 is 0 Å². The minimum atomic E-state index is -3.79. The first-order valence-electron chi connectivity index (χ1n) is 3.71. The van der Waals surface area contributed by atoms with E-state index in [1.54, 1.807) is 0 Å². The maximum atomic E-state index is 9.34. The Morgan fingerprint density at radius 1 is 1.18 bits per heavy atom. The quantitative estimate of drug-likeness (QED) is 0.500. The molecule has 70 valence electrons. The Balaban J connectivity index is 4.02. The molecule has 0 aromatic heterocycles. The van der Waals surface area contributed by atoms with Crippen LogP contribution in [0.3, 0.4) is 0 Å². The fourth-order valence-electron chi connectivity index (χ4n) is 0.673. The van der Waals surface area contributed by atoms with Crippen molar-refractivity contribution >= 4 is 7.28 Å². The van der Waals surface area contributed by atoms with Gasteiger partial charge in [0.2, 0.25) is 0 Å². The third kappa shape index (κ3) is 6.66. The van der Waals surface area contributed by atoms with Gasteiger partial charge in [0.25, 0.3) is 0 Å². The van der Waals surface area contributed by atoms with Gasteiger partial charge in [-0.15, -0.1) is 0 Å². The van der Waals surface area contributed by atoms with E-state index in [4.69, 9.17) is 4.62 Å². The predicted molar refractivity (Wildman–Crippen MR) is 47.2 cm³/mol. The zero-order valence-electron chi connectivity index (χ0n) is 7.61. The van der Waals surface area contributed by atoms with Crippen molar-refractivity contribution in [3.05, 3.63) is 0 Å². The van der Waals surface area contributed by atoms with Gasteiger partial charge in [-0.05, 0) is 0 Å². The zero-order chi connectivity index (χ0) is 9.15. The first kappa shape index (κ1) is 11.3. The molecule has 0 aliphatic carbocycles. The predicted octanol–water partition coefficient (Wildman–Crippen LogP) is 0.802. The summed E-state index contributed by atoms with van der Waals surface area (Å²) in [4.78, 5) is 18.7. The fraction of sp³-hybridized carbons (Fsp3) is 1.00. The molecule has 5 heteroatoms. The van der Waals surface area contributed by atoms with Crippen molar-refractivity contribution in [3.8, 4) is 0 Å². The van der Waals surface area contributed by atoms with Crippen molar-refractivity contribution in [2.45, 2.75) is 13.8 Å². The van der Waals surface area contributed by atoms with E-state index in [9.17, 15) is 9.79 Å². The normalized spacial score (nSPS) is 16.5. The average molecular weight is 183 g/mol. The molecule has 0 bridgehead atoms. The molecule has 0 unspecified atom stereocenters. The second kappa shape index (κ2) is 3.33. The minimum absolute atomic E-state index is 0.650. The fourth-order valence-corrected chi connectivity index (χ4v) is 1.57. The van der Waals surface area contributed by atoms with Gasteiger partial charge in [0.15, 0.2) is 0 Å². The van der Waals surface area contributed by atoms with Crippen LogP contribution in [0.1, 0.15) is 13.8 Å². The Labute approximate surface area is 67.9 Å². The van der Waals surface area contributed by atoms with Crippen LogP contribution in [0.5, 0.6) is 0 Å². The molecule has 0 radical (unpaired) electrons. The summed E-state index contributed by atoms with van der Waals surface area (Å²) in [7, 11) is -3.79. The van der Waals surface area contributed by atoms with Gasteiger partial charge in [-0.3, -0.25) is 0 Å². The molecule has 0 aromatic rings. The van der Waals surface area contributed by atoms with Gasteiger partial charge in [-0.1, -0.05) is 0 Å². The van der Waals surface area contributed by atoms with E-state index in [1.165, 1.54) is 18.4 Å². The van der Waals surface area contributed by atoms with Crippen molar-refractivity contribution in [1.29, 1.82) is 0 Å². The van der Waals surface area contributed by atoms with Gasteiger partial charge in [0.1, 0.15) is 0 Å². The van der Waals surface area contributed by atoms with E-state index < -0.39 is 7.28 Å². The molecule has 0 aliphatic heterocycles. The molecule has 0 amide bonds. The molecule has 0 saturated carbocycles. The van der Waals surface area contributed by atoms with Crippen LogP contribution in [0.25, 0.3) is 0 Å². The van der Waals surface area contributed by atoms with Crippen molar-refractivity contribution in [3.63, 3.8) is 0 Å². The Kier molecular flexibility index (Phi) is 3.42. The standard InChI is InChI=1S/C6H18NO3P/c1-5-7(6-2)10-11(3,4,8)9/h8-9H,5-6H2,1-4H3. The van der Waals surface area contributed by atoms with Gasteiger partial charge in [-0.2, -0.15) is 0 Å². The first-order valence-corrected chi connectivity index (χ1v) is 6.66. The van der Waals surface area contributed by atoms with Gasteiger partial charge in [0, 0.05) is 0 Å². The van der Waals surface area contributed by atoms with Crippen molar-refractivity contribution in [2.24, 2.45) is 0 Å². The van der Waals surface area contributed by atoms with Crippen molar-refractivity contribution in [1.82, 2.24) is 5.06 Å². The Hall–Kier alpha value is 0.270. The van der Waals surface area contributed by atoms with Crippen LogP contribution in [-0.2, 0) is 4.62 Å². The number of nitrogens with zero attached hydrogens (tertiary/aromatic N) is 1. The summed E-state index contributed by atoms with van der Waals surface area (Å²) in [5.41, 5.74) is 0. The third-order valence-electron chi connectivity index (χ3n) is 1.06. The molecule has 0 spiro atoms. The van der Waals surface area contributed by atoms with Crippen LogP contribution in [0.4, 0.5) is 0 Å². The SMILES string of the molecule is CCN(CC)OP(C)(C)(O)O. The van der Waals surface area contributed by atoms with Crippen LogP contribution in [0.15, 0.2) is 0 Å². The topological polar surface area (TPSA) is 52.9 Å². The van der Waals surface area contributed by atoms with Crippen LogP contribution in [-0.4, -0.2) is 41.3 Å². The van der Waals surface area contributed by atoms with E-state index in [0.29, 0.717) is 13.1 Å². The van der Waals surface area contributed by atoms with Gasteiger partial charge < -0.3 is 0 Å². The summed E-state index contributed by atoms with van der Waals surface area (Å²) >= 11 is 0. The molecule has 0 rings (SSSR count). The number of hydrogen-bond donors (Lipinski definition) is 2. The van der Waals surface area contributed by atoms with E-state index in [1.807, 2.05) is 13.8 Å². The van der Waals surface area contributed by atoms with Crippen LogP contribution in [0.2, 0.25) is 0 Å². The molecule has 2 N–H and O–H groups in total. The monoisotopic (exact) mass is 183 g/mol. The zero-order valence-corrected chi connectivity index (χ0v) is 8.51. The number of hydroxylamine groups is 2. The van der Waals surface area contributed by atoms with E-state index in [0.717, 1.165) is 0 Å². The second-order valence-corrected chi connectivity index (χ2v) is 6.95. The van der Waals surface area contributed by atoms with Crippen molar-refractivity contribution in [2.75, 3.05) is 26.4 Å². The number of hydrogen-bond acceptors (Lipinski definition) is 4. The molecular weight excluding hydrogens is 165 g/mol. The molecule has 0 saturated heterocycles. The summed E-state index contributed by atoms with van der Waals surface area (Å²) in [6.45, 7) is 7.74. The van der Waals surface area contributed by atoms with E-state index in [2.05, 4.69) is 0 Å². The summed E-state index contributed by atoms with van der Waals surface area (Å²) in [6, 6.07) is 0. The van der Waals surface area contributed by atoms with Gasteiger partial charge in [-0.25, -0.2) is 0 Å². The van der Waals surface area contributed by atoms with Crippen LogP contribution in [0, 0.1) is 0 Å². The van der Waals surface area contributed by atoms with Gasteiger partial charge in [0.05, 0.1) is 0 Å². The maximum absolute atomic E-state index is 9.34. The Morgan fingerprint density at radius 2 is 1.55 bits per heavy atom.